The van der Waals surface area contributed by atoms with Crippen molar-refractivity contribution in [1.82, 2.24) is 0 Å². The number of ether oxygens (including phenoxy) is 1. The van der Waals surface area contributed by atoms with E-state index >= 15 is 0 Å². The van der Waals surface area contributed by atoms with Crippen LogP contribution in [0.4, 0.5) is 11.4 Å². The maximum absolute atomic E-state index is 9.32. The molecule has 5 heteroatoms. The summed E-state index contributed by atoms with van der Waals surface area (Å²) in [6.07, 6.45) is -0.174. The number of rotatable bonds is 2. The van der Waals surface area contributed by atoms with Crippen molar-refractivity contribution in [3.8, 4) is 0 Å². The molecule has 100 valence electrons. The van der Waals surface area contributed by atoms with Crippen molar-refractivity contribution < 1.29 is 9.84 Å². The van der Waals surface area contributed by atoms with E-state index in [1.165, 1.54) is 0 Å². The van der Waals surface area contributed by atoms with Gasteiger partial charge in [0.15, 0.2) is 0 Å². The molecule has 0 radical (unpaired) electrons. The molecule has 1 saturated heterocycles. The number of nitrogens with two attached hydrogens (primary N) is 1. The molecule has 0 amide bonds. The average molecular weight is 315 g/mol. The van der Waals surface area contributed by atoms with Crippen LogP contribution in [-0.4, -0.2) is 36.5 Å². The van der Waals surface area contributed by atoms with Gasteiger partial charge in [0.2, 0.25) is 0 Å². The molecule has 1 aliphatic rings. The summed E-state index contributed by atoms with van der Waals surface area (Å²) < 4.78 is 6.80. The van der Waals surface area contributed by atoms with E-state index in [0.717, 1.165) is 22.4 Å². The fourth-order valence-electron chi connectivity index (χ4n) is 2.36. The molecule has 0 bridgehead atoms. The predicted octanol–water partition coefficient (Wildman–Crippen LogP) is 2.01. The van der Waals surface area contributed by atoms with Gasteiger partial charge in [-0.25, -0.2) is 0 Å². The molecule has 0 spiro atoms. The Labute approximate surface area is 116 Å². The zero-order valence-corrected chi connectivity index (χ0v) is 12.3. The molecule has 3 N–H and O–H groups in total. The SMILES string of the molecule is CC1(C)CN(c2cc(Br)ccc2N)CC(CO)O1. The summed E-state index contributed by atoms with van der Waals surface area (Å²) in [4.78, 5) is 2.17. The molecule has 1 unspecified atom stereocenters. The number of aliphatic hydroxyl groups is 1. The van der Waals surface area contributed by atoms with E-state index in [-0.39, 0.29) is 18.3 Å². The van der Waals surface area contributed by atoms with Crippen LogP contribution >= 0.6 is 15.9 Å². The number of halogens is 1. The number of nitrogen functional groups attached to an aromatic ring is 1. The van der Waals surface area contributed by atoms with Crippen LogP contribution in [0.1, 0.15) is 13.8 Å². The molecule has 0 aliphatic carbocycles. The topological polar surface area (TPSA) is 58.7 Å². The predicted molar refractivity (Wildman–Crippen MR) is 76.8 cm³/mol. The fourth-order valence-corrected chi connectivity index (χ4v) is 2.71. The minimum absolute atomic E-state index is 0.0217. The van der Waals surface area contributed by atoms with Gasteiger partial charge >= 0.3 is 0 Å². The smallest absolute Gasteiger partial charge is 0.0988 e. The standard InChI is InChI=1S/C13H19BrN2O2/c1-13(2)8-16(6-10(7-17)18-13)12-5-9(14)3-4-11(12)15/h3-5,10,17H,6-8,15H2,1-2H3. The third kappa shape index (κ3) is 2.96. The lowest BCUT2D eigenvalue weighted by Gasteiger charge is -2.43. The Morgan fingerprint density at radius 2 is 2.28 bits per heavy atom. The first-order valence-electron chi connectivity index (χ1n) is 6.00. The van der Waals surface area contributed by atoms with Crippen molar-refractivity contribution in [1.29, 1.82) is 0 Å². The van der Waals surface area contributed by atoms with Crippen LogP contribution in [0.2, 0.25) is 0 Å². The van der Waals surface area contributed by atoms with E-state index in [9.17, 15) is 5.11 Å². The van der Waals surface area contributed by atoms with E-state index < -0.39 is 0 Å². The molecule has 0 aromatic heterocycles. The summed E-state index contributed by atoms with van der Waals surface area (Å²) in [5, 5.41) is 9.32. The molecule has 1 aliphatic heterocycles. The Balaban J connectivity index is 2.29. The van der Waals surface area contributed by atoms with Crippen LogP contribution in [0.25, 0.3) is 0 Å². The summed E-state index contributed by atoms with van der Waals surface area (Å²) >= 11 is 3.46. The third-order valence-corrected chi connectivity index (χ3v) is 3.51. The van der Waals surface area contributed by atoms with Gasteiger partial charge in [-0.3, -0.25) is 0 Å². The number of aliphatic hydroxyl groups excluding tert-OH is 1. The zero-order valence-electron chi connectivity index (χ0n) is 10.7. The Kier molecular flexibility index (Phi) is 3.84. The quantitative estimate of drug-likeness (QED) is 0.820. The lowest BCUT2D eigenvalue weighted by Crippen LogP contribution is -2.54. The second-order valence-corrected chi connectivity index (χ2v) is 6.18. The lowest BCUT2D eigenvalue weighted by atomic mass is 10.0. The molecule has 4 nitrogen and oxygen atoms in total. The minimum atomic E-state index is -0.291. The molecule has 1 aromatic carbocycles. The minimum Gasteiger partial charge on any atom is -0.397 e. The number of nitrogens with zero attached hydrogens (tertiary/aromatic N) is 1. The zero-order chi connectivity index (χ0) is 13.3. The number of anilines is 2. The first-order chi connectivity index (χ1) is 8.41. The van der Waals surface area contributed by atoms with E-state index in [1.807, 2.05) is 32.0 Å². The molecular formula is C13H19BrN2O2. The van der Waals surface area contributed by atoms with E-state index in [4.69, 9.17) is 10.5 Å². The second-order valence-electron chi connectivity index (χ2n) is 5.27. The van der Waals surface area contributed by atoms with Gasteiger partial charge in [-0.15, -0.1) is 0 Å². The number of morpholine rings is 1. The lowest BCUT2D eigenvalue weighted by molar-refractivity contribution is -0.100. The Morgan fingerprint density at radius 3 is 2.94 bits per heavy atom. The first-order valence-corrected chi connectivity index (χ1v) is 6.79. The maximum atomic E-state index is 9.32. The van der Waals surface area contributed by atoms with E-state index in [1.54, 1.807) is 0 Å². The molecule has 1 fully saturated rings. The van der Waals surface area contributed by atoms with Crippen LogP contribution < -0.4 is 10.6 Å². The monoisotopic (exact) mass is 314 g/mol. The van der Waals surface area contributed by atoms with Gasteiger partial charge in [0.1, 0.15) is 0 Å². The highest BCUT2D eigenvalue weighted by molar-refractivity contribution is 9.10. The second kappa shape index (κ2) is 5.07. The number of benzene rings is 1. The molecule has 1 heterocycles. The highest BCUT2D eigenvalue weighted by Crippen LogP contribution is 2.32. The van der Waals surface area contributed by atoms with E-state index in [2.05, 4.69) is 20.8 Å². The van der Waals surface area contributed by atoms with Crippen molar-refractivity contribution in [2.24, 2.45) is 0 Å². The summed E-state index contributed by atoms with van der Waals surface area (Å²) in [6, 6.07) is 5.81. The largest absolute Gasteiger partial charge is 0.397 e. The van der Waals surface area contributed by atoms with Gasteiger partial charge in [-0.05, 0) is 32.0 Å². The number of hydrogen-bond donors (Lipinski definition) is 2. The molecule has 18 heavy (non-hydrogen) atoms. The molecule has 1 atom stereocenters. The molecule has 0 saturated carbocycles. The fraction of sp³-hybridized carbons (Fsp3) is 0.538. The summed E-state index contributed by atoms with van der Waals surface area (Å²) in [6.45, 7) is 5.48. The Bertz CT molecular complexity index is 437. The van der Waals surface area contributed by atoms with Gasteiger partial charge in [0.25, 0.3) is 0 Å². The van der Waals surface area contributed by atoms with Crippen LogP contribution in [0, 0.1) is 0 Å². The van der Waals surface area contributed by atoms with E-state index in [0.29, 0.717) is 6.54 Å². The Morgan fingerprint density at radius 1 is 1.56 bits per heavy atom. The van der Waals surface area contributed by atoms with Crippen LogP contribution in [-0.2, 0) is 4.74 Å². The maximum Gasteiger partial charge on any atom is 0.0988 e. The normalized spacial score (nSPS) is 23.1. The highest BCUT2D eigenvalue weighted by atomic mass is 79.9. The first kappa shape index (κ1) is 13.6. The van der Waals surface area contributed by atoms with Crippen molar-refractivity contribution in [2.45, 2.75) is 25.6 Å². The van der Waals surface area contributed by atoms with Crippen molar-refractivity contribution in [3.63, 3.8) is 0 Å². The Hall–Kier alpha value is -0.780. The van der Waals surface area contributed by atoms with Crippen molar-refractivity contribution in [3.05, 3.63) is 22.7 Å². The molecule has 2 rings (SSSR count). The van der Waals surface area contributed by atoms with Crippen molar-refractivity contribution in [2.75, 3.05) is 30.3 Å². The van der Waals surface area contributed by atoms with Crippen molar-refractivity contribution >= 4 is 27.3 Å². The van der Waals surface area contributed by atoms with Crippen LogP contribution in [0.3, 0.4) is 0 Å². The van der Waals surface area contributed by atoms with Gasteiger partial charge in [0, 0.05) is 17.6 Å². The summed E-state index contributed by atoms with van der Waals surface area (Å²) in [5.74, 6) is 0. The summed E-state index contributed by atoms with van der Waals surface area (Å²) in [7, 11) is 0. The average Bonchev–Trinajstić information content (AvgIpc) is 2.30. The highest BCUT2D eigenvalue weighted by Gasteiger charge is 2.33. The van der Waals surface area contributed by atoms with Gasteiger partial charge in [0.05, 0.1) is 29.7 Å². The number of hydrogen-bond acceptors (Lipinski definition) is 4. The van der Waals surface area contributed by atoms with Crippen LogP contribution in [0.5, 0.6) is 0 Å². The van der Waals surface area contributed by atoms with Gasteiger partial charge in [-0.1, -0.05) is 15.9 Å². The summed E-state index contributed by atoms with van der Waals surface area (Å²) in [5.41, 5.74) is 7.47. The van der Waals surface area contributed by atoms with Gasteiger partial charge < -0.3 is 20.5 Å². The van der Waals surface area contributed by atoms with Gasteiger partial charge in [-0.2, -0.15) is 0 Å². The molecular weight excluding hydrogens is 296 g/mol. The molecule has 1 aromatic rings. The van der Waals surface area contributed by atoms with Crippen LogP contribution in [0.15, 0.2) is 22.7 Å². The third-order valence-electron chi connectivity index (χ3n) is 3.02.